The molecule has 2 heterocycles. The molecule has 96 valence electrons. The SMILES string of the molecule is CC(C)Cn1c(CBr)nnc1CC1CCCO1. The molecule has 1 aliphatic rings. The number of hydrogen-bond acceptors (Lipinski definition) is 3. The Morgan fingerprint density at radius 2 is 2.18 bits per heavy atom. The van der Waals surface area contributed by atoms with Crippen molar-refractivity contribution in [3.63, 3.8) is 0 Å². The van der Waals surface area contributed by atoms with Gasteiger partial charge < -0.3 is 9.30 Å². The van der Waals surface area contributed by atoms with Gasteiger partial charge in [0.05, 0.1) is 11.4 Å². The highest BCUT2D eigenvalue weighted by atomic mass is 79.9. The van der Waals surface area contributed by atoms with E-state index in [0.717, 1.165) is 43.0 Å². The van der Waals surface area contributed by atoms with Crippen molar-refractivity contribution >= 4 is 15.9 Å². The summed E-state index contributed by atoms with van der Waals surface area (Å²) in [6.07, 6.45) is 3.56. The molecule has 0 spiro atoms. The molecule has 0 aromatic carbocycles. The van der Waals surface area contributed by atoms with Crippen LogP contribution < -0.4 is 0 Å². The molecule has 1 fully saturated rings. The van der Waals surface area contributed by atoms with E-state index < -0.39 is 0 Å². The molecule has 1 aromatic heterocycles. The highest BCUT2D eigenvalue weighted by molar-refractivity contribution is 9.08. The Morgan fingerprint density at radius 1 is 1.41 bits per heavy atom. The van der Waals surface area contributed by atoms with Crippen LogP contribution in [0.5, 0.6) is 0 Å². The van der Waals surface area contributed by atoms with Gasteiger partial charge in [0.15, 0.2) is 0 Å². The molecule has 1 aliphatic heterocycles. The van der Waals surface area contributed by atoms with E-state index in [1.807, 2.05) is 0 Å². The Morgan fingerprint density at radius 3 is 2.76 bits per heavy atom. The van der Waals surface area contributed by atoms with Crippen LogP contribution in [0.4, 0.5) is 0 Å². The lowest BCUT2D eigenvalue weighted by Crippen LogP contribution is -2.17. The first-order valence-electron chi connectivity index (χ1n) is 6.29. The lowest BCUT2D eigenvalue weighted by Gasteiger charge is -2.14. The molecule has 0 aliphatic carbocycles. The third-order valence-electron chi connectivity index (χ3n) is 3.01. The lowest BCUT2D eigenvalue weighted by molar-refractivity contribution is 0.109. The van der Waals surface area contributed by atoms with Gasteiger partial charge in [0.2, 0.25) is 0 Å². The van der Waals surface area contributed by atoms with Crippen molar-refractivity contribution in [2.24, 2.45) is 5.92 Å². The molecule has 4 nitrogen and oxygen atoms in total. The summed E-state index contributed by atoms with van der Waals surface area (Å²) in [5, 5.41) is 9.31. The number of halogens is 1. The highest BCUT2D eigenvalue weighted by Crippen LogP contribution is 2.18. The van der Waals surface area contributed by atoms with Crippen LogP contribution >= 0.6 is 15.9 Å². The van der Waals surface area contributed by atoms with Crippen molar-refractivity contribution in [1.82, 2.24) is 14.8 Å². The van der Waals surface area contributed by atoms with Gasteiger partial charge in [-0.15, -0.1) is 10.2 Å². The van der Waals surface area contributed by atoms with E-state index in [4.69, 9.17) is 4.74 Å². The molecule has 0 amide bonds. The largest absolute Gasteiger partial charge is 0.378 e. The van der Waals surface area contributed by atoms with Crippen LogP contribution in [0.1, 0.15) is 38.3 Å². The first kappa shape index (κ1) is 13.0. The molecule has 0 saturated carbocycles. The molecule has 1 aromatic rings. The predicted molar refractivity (Wildman–Crippen MR) is 70.2 cm³/mol. The second-order valence-electron chi connectivity index (χ2n) is 5.01. The van der Waals surface area contributed by atoms with Gasteiger partial charge in [0, 0.05) is 19.6 Å². The van der Waals surface area contributed by atoms with Gasteiger partial charge >= 0.3 is 0 Å². The lowest BCUT2D eigenvalue weighted by atomic mass is 10.1. The van der Waals surface area contributed by atoms with E-state index in [9.17, 15) is 0 Å². The Labute approximate surface area is 111 Å². The van der Waals surface area contributed by atoms with Crippen LogP contribution in [0.2, 0.25) is 0 Å². The molecule has 17 heavy (non-hydrogen) atoms. The maximum absolute atomic E-state index is 5.67. The molecular weight excluding hydrogens is 282 g/mol. The smallest absolute Gasteiger partial charge is 0.143 e. The Hall–Kier alpha value is -0.420. The molecule has 1 saturated heterocycles. The van der Waals surface area contributed by atoms with Crippen molar-refractivity contribution in [3.05, 3.63) is 11.6 Å². The number of nitrogens with zero attached hydrogens (tertiary/aromatic N) is 3. The van der Waals surface area contributed by atoms with E-state index >= 15 is 0 Å². The zero-order valence-corrected chi connectivity index (χ0v) is 12.1. The van der Waals surface area contributed by atoms with Crippen LogP contribution in [-0.4, -0.2) is 27.5 Å². The number of hydrogen-bond donors (Lipinski definition) is 0. The third kappa shape index (κ3) is 3.28. The second kappa shape index (κ2) is 5.96. The first-order chi connectivity index (χ1) is 8.20. The molecule has 2 rings (SSSR count). The maximum atomic E-state index is 5.67. The number of alkyl halides is 1. The fourth-order valence-corrected chi connectivity index (χ4v) is 2.62. The fraction of sp³-hybridized carbons (Fsp3) is 0.833. The second-order valence-corrected chi connectivity index (χ2v) is 5.57. The van der Waals surface area contributed by atoms with Gasteiger partial charge in [0.25, 0.3) is 0 Å². The summed E-state index contributed by atoms with van der Waals surface area (Å²) in [6.45, 7) is 6.31. The summed E-state index contributed by atoms with van der Waals surface area (Å²) in [5.41, 5.74) is 0. The quantitative estimate of drug-likeness (QED) is 0.785. The zero-order valence-electron chi connectivity index (χ0n) is 10.5. The van der Waals surface area contributed by atoms with Gasteiger partial charge in [0.1, 0.15) is 11.6 Å². The fourth-order valence-electron chi connectivity index (χ4n) is 2.21. The minimum Gasteiger partial charge on any atom is -0.378 e. The standard InChI is InChI=1S/C12H20BrN3O/c1-9(2)8-16-11(14-15-12(16)7-13)6-10-4-3-5-17-10/h9-10H,3-8H2,1-2H3. The van der Waals surface area contributed by atoms with Crippen molar-refractivity contribution in [1.29, 1.82) is 0 Å². The summed E-state index contributed by atoms with van der Waals surface area (Å²) in [5.74, 6) is 2.69. The van der Waals surface area contributed by atoms with E-state index in [1.54, 1.807) is 0 Å². The Bertz CT molecular complexity index is 359. The van der Waals surface area contributed by atoms with Crippen LogP contribution in [-0.2, 0) is 23.0 Å². The predicted octanol–water partition coefficient (Wildman–Crippen LogP) is 2.55. The Kier molecular flexibility index (Phi) is 4.56. The van der Waals surface area contributed by atoms with E-state index in [0.29, 0.717) is 12.0 Å². The molecule has 0 N–H and O–H groups in total. The number of ether oxygens (including phenoxy) is 1. The van der Waals surface area contributed by atoms with Crippen LogP contribution in [0.3, 0.4) is 0 Å². The molecule has 0 radical (unpaired) electrons. The van der Waals surface area contributed by atoms with Gasteiger partial charge in [-0.2, -0.15) is 0 Å². The van der Waals surface area contributed by atoms with E-state index in [1.165, 1.54) is 6.42 Å². The molecule has 1 atom stereocenters. The molecular formula is C12H20BrN3O. The average molecular weight is 302 g/mol. The topological polar surface area (TPSA) is 39.9 Å². The normalized spacial score (nSPS) is 20.4. The summed E-state index contributed by atoms with van der Waals surface area (Å²) in [7, 11) is 0. The van der Waals surface area contributed by atoms with Gasteiger partial charge in [-0.05, 0) is 18.8 Å². The van der Waals surface area contributed by atoms with E-state index in [2.05, 4.69) is 44.5 Å². The van der Waals surface area contributed by atoms with Gasteiger partial charge in [-0.1, -0.05) is 29.8 Å². The highest BCUT2D eigenvalue weighted by Gasteiger charge is 2.20. The third-order valence-corrected chi connectivity index (χ3v) is 3.51. The minimum atomic E-state index is 0.341. The number of aromatic nitrogens is 3. The number of rotatable bonds is 5. The molecule has 0 bridgehead atoms. The minimum absolute atomic E-state index is 0.341. The van der Waals surface area contributed by atoms with Crippen molar-refractivity contribution < 1.29 is 4.74 Å². The van der Waals surface area contributed by atoms with Crippen LogP contribution in [0, 0.1) is 5.92 Å². The average Bonchev–Trinajstić information content (AvgIpc) is 2.90. The summed E-state index contributed by atoms with van der Waals surface area (Å²) in [6, 6.07) is 0. The Balaban J connectivity index is 2.11. The van der Waals surface area contributed by atoms with Crippen LogP contribution in [0.25, 0.3) is 0 Å². The van der Waals surface area contributed by atoms with Gasteiger partial charge in [-0.25, -0.2) is 0 Å². The summed E-state index contributed by atoms with van der Waals surface area (Å²) in [4.78, 5) is 0. The summed E-state index contributed by atoms with van der Waals surface area (Å²) >= 11 is 3.47. The molecule has 5 heteroatoms. The monoisotopic (exact) mass is 301 g/mol. The zero-order chi connectivity index (χ0) is 12.3. The van der Waals surface area contributed by atoms with Crippen LogP contribution in [0.15, 0.2) is 0 Å². The van der Waals surface area contributed by atoms with Crippen molar-refractivity contribution in [2.75, 3.05) is 6.61 Å². The van der Waals surface area contributed by atoms with Crippen molar-refractivity contribution in [3.8, 4) is 0 Å². The first-order valence-corrected chi connectivity index (χ1v) is 7.41. The molecule has 1 unspecified atom stereocenters. The van der Waals surface area contributed by atoms with Gasteiger partial charge in [-0.3, -0.25) is 0 Å². The maximum Gasteiger partial charge on any atom is 0.143 e. The summed E-state index contributed by atoms with van der Waals surface area (Å²) < 4.78 is 7.90. The van der Waals surface area contributed by atoms with Crippen molar-refractivity contribution in [2.45, 2.75) is 51.1 Å². The van der Waals surface area contributed by atoms with E-state index in [-0.39, 0.29) is 0 Å².